The minimum atomic E-state index is 0.0736. The van der Waals surface area contributed by atoms with Crippen molar-refractivity contribution in [1.29, 1.82) is 0 Å². The van der Waals surface area contributed by atoms with Gasteiger partial charge in [-0.05, 0) is 36.4 Å². The molecule has 1 unspecified atom stereocenters. The SMILES string of the molecule is C1=CC2=[N+](c3cccc4c3sc3ccccc34)c3cccc4c5c6c7ccccc7n(-c7ccccc7)c6ccc5n(c34)C2C=C1. The summed E-state index contributed by atoms with van der Waals surface area (Å²) < 4.78 is 10.2. The van der Waals surface area contributed by atoms with Gasteiger partial charge in [0.15, 0.2) is 0 Å². The molecule has 3 nitrogen and oxygen atoms in total. The predicted octanol–water partition coefficient (Wildman–Crippen LogP) is 11.2. The molecule has 0 amide bonds. The van der Waals surface area contributed by atoms with Crippen LogP contribution in [0.4, 0.5) is 11.4 Å². The zero-order valence-electron chi connectivity index (χ0n) is 24.8. The van der Waals surface area contributed by atoms with Gasteiger partial charge in [-0.3, -0.25) is 0 Å². The Kier molecular flexibility index (Phi) is 4.78. The van der Waals surface area contributed by atoms with Crippen molar-refractivity contribution >= 4 is 92.2 Å². The van der Waals surface area contributed by atoms with Crippen LogP contribution in [0.2, 0.25) is 0 Å². The van der Waals surface area contributed by atoms with Crippen LogP contribution in [0.15, 0.2) is 152 Å². The summed E-state index contributed by atoms with van der Waals surface area (Å²) in [6.07, 6.45) is 9.06. The Bertz CT molecular complexity index is 2860. The van der Waals surface area contributed by atoms with Crippen LogP contribution in [0, 0.1) is 0 Å². The van der Waals surface area contributed by atoms with E-state index in [0.717, 1.165) is 0 Å². The Morgan fingerprint density at radius 1 is 0.543 bits per heavy atom. The quantitative estimate of drug-likeness (QED) is 0.174. The number of aromatic nitrogens is 2. The molecule has 4 heterocycles. The first-order chi connectivity index (χ1) is 22.9. The van der Waals surface area contributed by atoms with Gasteiger partial charge in [-0.2, -0.15) is 4.58 Å². The number of benzene rings is 6. The van der Waals surface area contributed by atoms with Gasteiger partial charge in [-0.25, -0.2) is 0 Å². The second kappa shape index (κ2) is 8.94. The molecule has 0 fully saturated rings. The Labute approximate surface area is 268 Å². The lowest BCUT2D eigenvalue weighted by atomic mass is 10.0. The van der Waals surface area contributed by atoms with Gasteiger partial charge in [0.2, 0.25) is 17.1 Å². The molecule has 0 saturated heterocycles. The maximum atomic E-state index is 2.59. The van der Waals surface area contributed by atoms with Gasteiger partial charge < -0.3 is 9.13 Å². The fraction of sp³-hybridized carbons (Fsp3) is 0.0238. The predicted molar refractivity (Wildman–Crippen MR) is 197 cm³/mol. The van der Waals surface area contributed by atoms with Crippen LogP contribution in [0.1, 0.15) is 6.04 Å². The molecule has 11 rings (SSSR count). The van der Waals surface area contributed by atoms with Gasteiger partial charge >= 0.3 is 0 Å². The highest BCUT2D eigenvalue weighted by Gasteiger charge is 2.38. The van der Waals surface area contributed by atoms with Gasteiger partial charge in [0.1, 0.15) is 16.3 Å². The zero-order chi connectivity index (χ0) is 29.9. The van der Waals surface area contributed by atoms with E-state index in [-0.39, 0.29) is 6.04 Å². The molecule has 1 atom stereocenters. The molecule has 2 aliphatic rings. The topological polar surface area (TPSA) is 12.9 Å². The Morgan fingerprint density at radius 3 is 2.17 bits per heavy atom. The van der Waals surface area contributed by atoms with Crippen molar-refractivity contribution in [1.82, 2.24) is 13.7 Å². The molecule has 0 saturated carbocycles. The minimum Gasteiger partial charge on any atom is -0.318 e. The maximum Gasteiger partial charge on any atom is 0.236 e. The van der Waals surface area contributed by atoms with E-state index in [1.807, 2.05) is 11.3 Å². The summed E-state index contributed by atoms with van der Waals surface area (Å²) in [5.41, 5.74) is 9.95. The van der Waals surface area contributed by atoms with Crippen molar-refractivity contribution in [3.8, 4) is 5.69 Å². The number of allylic oxidation sites excluding steroid dienone is 4. The summed E-state index contributed by atoms with van der Waals surface area (Å²) in [4.78, 5) is 0. The Morgan fingerprint density at radius 2 is 1.26 bits per heavy atom. The molecule has 3 aromatic heterocycles. The van der Waals surface area contributed by atoms with E-state index in [1.54, 1.807) is 0 Å². The Balaban J connectivity index is 1.30. The first kappa shape index (κ1) is 24.6. The minimum absolute atomic E-state index is 0.0736. The van der Waals surface area contributed by atoms with Gasteiger partial charge in [0.25, 0.3) is 0 Å². The van der Waals surface area contributed by atoms with Crippen LogP contribution in [0.25, 0.3) is 69.5 Å². The van der Waals surface area contributed by atoms with Gasteiger partial charge in [-0.1, -0.05) is 97.1 Å². The van der Waals surface area contributed by atoms with Crippen molar-refractivity contribution in [3.05, 3.63) is 152 Å². The van der Waals surface area contributed by atoms with Crippen LogP contribution in [0.5, 0.6) is 0 Å². The monoisotopic (exact) mass is 604 g/mol. The standard InChI is InChI=1S/C42H26N3S/c1-2-12-26(13-3-1)43-31-18-6-4-15-29(31)39-34(43)24-25-35-40(39)30-17-11-21-36-41(30)45(35)33-20-8-7-19-32(33)44(36)37-22-10-16-28-27-14-5-9-23-38(27)46-42(28)37/h1-25,33H/q+1. The highest BCUT2D eigenvalue weighted by molar-refractivity contribution is 7.26. The van der Waals surface area contributed by atoms with Gasteiger partial charge in [0.05, 0.1) is 16.6 Å². The fourth-order valence-corrected chi connectivity index (χ4v) is 9.42. The van der Waals surface area contributed by atoms with E-state index >= 15 is 0 Å². The number of nitrogens with zero attached hydrogens (tertiary/aromatic N) is 3. The number of rotatable bonds is 2. The third-order valence-electron chi connectivity index (χ3n) is 9.99. The second-order valence-corrected chi connectivity index (χ2v) is 13.3. The smallest absolute Gasteiger partial charge is 0.236 e. The molecule has 1 aliphatic heterocycles. The third-order valence-corrected chi connectivity index (χ3v) is 11.2. The molecule has 9 aromatic rings. The molecule has 6 aromatic carbocycles. The molecule has 1 aliphatic carbocycles. The zero-order valence-corrected chi connectivity index (χ0v) is 25.6. The number of fused-ring (bicyclic) bond motifs is 12. The highest BCUT2D eigenvalue weighted by atomic mass is 32.1. The van der Waals surface area contributed by atoms with Gasteiger partial charge in [0, 0.05) is 60.9 Å². The average Bonchev–Trinajstić information content (AvgIpc) is 3.78. The van der Waals surface area contributed by atoms with E-state index in [9.17, 15) is 0 Å². The molecule has 0 N–H and O–H groups in total. The van der Waals surface area contributed by atoms with E-state index in [0.29, 0.717) is 0 Å². The van der Waals surface area contributed by atoms with E-state index in [4.69, 9.17) is 0 Å². The van der Waals surface area contributed by atoms with Crippen molar-refractivity contribution in [2.75, 3.05) is 0 Å². The summed E-state index contributed by atoms with van der Waals surface area (Å²) in [6, 6.07) is 46.9. The molecule has 0 bridgehead atoms. The average molecular weight is 605 g/mol. The second-order valence-electron chi connectivity index (χ2n) is 12.3. The number of hydrogen-bond donors (Lipinski definition) is 0. The van der Waals surface area contributed by atoms with Crippen LogP contribution >= 0.6 is 11.3 Å². The molecule has 46 heavy (non-hydrogen) atoms. The van der Waals surface area contributed by atoms with E-state index in [2.05, 4.69) is 165 Å². The summed E-state index contributed by atoms with van der Waals surface area (Å²) in [5.74, 6) is 0. The first-order valence-corrected chi connectivity index (χ1v) is 16.6. The highest BCUT2D eigenvalue weighted by Crippen LogP contribution is 2.49. The number of hydrogen-bond acceptors (Lipinski definition) is 1. The van der Waals surface area contributed by atoms with Crippen molar-refractivity contribution in [3.63, 3.8) is 0 Å². The summed E-state index contributed by atoms with van der Waals surface area (Å²) in [5, 5.41) is 7.86. The summed E-state index contributed by atoms with van der Waals surface area (Å²) in [7, 11) is 0. The normalized spacial score (nSPS) is 15.8. The van der Waals surface area contributed by atoms with Crippen LogP contribution in [-0.2, 0) is 0 Å². The summed E-state index contributed by atoms with van der Waals surface area (Å²) in [6.45, 7) is 0. The third kappa shape index (κ3) is 3.04. The molecule has 214 valence electrons. The maximum absolute atomic E-state index is 2.59. The molecule has 4 heteroatoms. The van der Waals surface area contributed by atoms with E-state index in [1.165, 1.54) is 86.6 Å². The number of para-hydroxylation sites is 3. The number of thiophene rings is 1. The molecular weight excluding hydrogens is 579 g/mol. The lowest BCUT2D eigenvalue weighted by Crippen LogP contribution is -2.30. The van der Waals surface area contributed by atoms with Crippen molar-refractivity contribution in [2.45, 2.75) is 6.04 Å². The van der Waals surface area contributed by atoms with Crippen LogP contribution in [0.3, 0.4) is 0 Å². The van der Waals surface area contributed by atoms with Crippen LogP contribution in [-0.4, -0.2) is 14.8 Å². The molecular formula is C42H26N3S+. The summed E-state index contributed by atoms with van der Waals surface area (Å²) >= 11 is 1.89. The lowest BCUT2D eigenvalue weighted by molar-refractivity contribution is 0.782. The Hall–Kier alpha value is -5.71. The fourth-order valence-electron chi connectivity index (χ4n) is 8.22. The van der Waals surface area contributed by atoms with Crippen molar-refractivity contribution in [2.24, 2.45) is 0 Å². The van der Waals surface area contributed by atoms with Crippen molar-refractivity contribution < 1.29 is 0 Å². The van der Waals surface area contributed by atoms with Crippen LogP contribution < -0.4 is 4.58 Å². The van der Waals surface area contributed by atoms with E-state index < -0.39 is 0 Å². The molecule has 0 radical (unpaired) electrons. The molecule has 0 spiro atoms. The van der Waals surface area contributed by atoms with Gasteiger partial charge in [-0.15, -0.1) is 11.3 Å². The lowest BCUT2D eigenvalue weighted by Gasteiger charge is -2.24. The first-order valence-electron chi connectivity index (χ1n) is 15.8. The largest absolute Gasteiger partial charge is 0.318 e.